The fourth-order valence-corrected chi connectivity index (χ4v) is 2.59. The van der Waals surface area contributed by atoms with Crippen molar-refractivity contribution in [1.29, 1.82) is 0 Å². The van der Waals surface area contributed by atoms with E-state index in [0.29, 0.717) is 6.04 Å². The largest absolute Gasteiger partial charge is 0.493 e. The average Bonchev–Trinajstić information content (AvgIpc) is 2.84. The van der Waals surface area contributed by atoms with Crippen molar-refractivity contribution in [1.82, 2.24) is 5.32 Å². The zero-order chi connectivity index (χ0) is 10.3. The molecule has 0 bridgehead atoms. The summed E-state index contributed by atoms with van der Waals surface area (Å²) in [6.07, 6.45) is 2.34. The number of hydrogen-bond donors (Lipinski definition) is 1. The number of benzene rings is 1. The molecule has 2 aliphatic heterocycles. The third kappa shape index (κ3) is 1.63. The van der Waals surface area contributed by atoms with Crippen LogP contribution in [0.5, 0.6) is 5.75 Å². The number of nitrogens with one attached hydrogen (secondary N) is 1. The molecule has 2 aliphatic rings. The minimum Gasteiger partial charge on any atom is -0.493 e. The molecule has 1 aromatic rings. The summed E-state index contributed by atoms with van der Waals surface area (Å²) in [4.78, 5) is 0. The highest BCUT2D eigenvalue weighted by molar-refractivity contribution is 5.41. The fourth-order valence-electron chi connectivity index (χ4n) is 2.59. The van der Waals surface area contributed by atoms with E-state index in [2.05, 4.69) is 30.4 Å². The van der Waals surface area contributed by atoms with Crippen molar-refractivity contribution in [3.63, 3.8) is 0 Å². The quantitative estimate of drug-likeness (QED) is 0.756. The average molecular weight is 203 g/mol. The van der Waals surface area contributed by atoms with E-state index in [-0.39, 0.29) is 0 Å². The number of fused-ring (bicyclic) bond motifs is 1. The zero-order valence-corrected chi connectivity index (χ0v) is 9.12. The second-order valence-corrected chi connectivity index (χ2v) is 4.77. The molecule has 15 heavy (non-hydrogen) atoms. The van der Waals surface area contributed by atoms with Crippen molar-refractivity contribution in [2.45, 2.75) is 25.8 Å². The lowest BCUT2D eigenvalue weighted by molar-refractivity contribution is 0.356. The molecule has 0 amide bonds. The summed E-state index contributed by atoms with van der Waals surface area (Å²) in [5, 5.41) is 3.57. The van der Waals surface area contributed by atoms with Gasteiger partial charge in [0.2, 0.25) is 0 Å². The second-order valence-electron chi connectivity index (χ2n) is 4.77. The van der Waals surface area contributed by atoms with Gasteiger partial charge in [0.1, 0.15) is 5.75 Å². The van der Waals surface area contributed by atoms with Crippen LogP contribution < -0.4 is 10.1 Å². The lowest BCUT2D eigenvalue weighted by Crippen LogP contribution is -2.13. The van der Waals surface area contributed by atoms with E-state index in [4.69, 9.17) is 4.74 Å². The Morgan fingerprint density at radius 2 is 2.33 bits per heavy atom. The van der Waals surface area contributed by atoms with Crippen LogP contribution in [0.25, 0.3) is 0 Å². The number of hydrogen-bond acceptors (Lipinski definition) is 2. The SMILES string of the molecule is CC1CNC(c2ccc3c(c2)CCO3)C1. The molecular formula is C13H17NO. The van der Waals surface area contributed by atoms with Crippen LogP contribution in [0.2, 0.25) is 0 Å². The maximum atomic E-state index is 5.52. The Kier molecular flexibility index (Phi) is 2.17. The molecule has 2 heteroatoms. The van der Waals surface area contributed by atoms with Crippen LogP contribution in [-0.4, -0.2) is 13.2 Å². The molecule has 3 rings (SSSR count). The van der Waals surface area contributed by atoms with E-state index in [9.17, 15) is 0 Å². The predicted octanol–water partition coefficient (Wildman–Crippen LogP) is 2.29. The summed E-state index contributed by atoms with van der Waals surface area (Å²) in [5.74, 6) is 1.89. The third-order valence-electron chi connectivity index (χ3n) is 3.47. The van der Waals surface area contributed by atoms with Crippen molar-refractivity contribution < 1.29 is 4.74 Å². The van der Waals surface area contributed by atoms with Crippen LogP contribution in [-0.2, 0) is 6.42 Å². The van der Waals surface area contributed by atoms with E-state index >= 15 is 0 Å². The Balaban J connectivity index is 1.87. The van der Waals surface area contributed by atoms with Gasteiger partial charge in [-0.2, -0.15) is 0 Å². The van der Waals surface area contributed by atoms with E-state index in [1.54, 1.807) is 0 Å². The van der Waals surface area contributed by atoms with Crippen molar-refractivity contribution in [3.05, 3.63) is 29.3 Å². The Morgan fingerprint density at radius 3 is 3.13 bits per heavy atom. The molecule has 2 nitrogen and oxygen atoms in total. The summed E-state index contributed by atoms with van der Waals surface area (Å²) < 4.78 is 5.52. The van der Waals surface area contributed by atoms with E-state index in [1.807, 2.05) is 0 Å². The topological polar surface area (TPSA) is 21.3 Å². The Labute approximate surface area is 90.6 Å². The molecule has 2 unspecified atom stereocenters. The molecule has 2 atom stereocenters. The number of rotatable bonds is 1. The summed E-state index contributed by atoms with van der Waals surface area (Å²) >= 11 is 0. The Hall–Kier alpha value is -1.02. The second kappa shape index (κ2) is 3.53. The molecule has 2 heterocycles. The van der Waals surface area contributed by atoms with Gasteiger partial charge in [0.25, 0.3) is 0 Å². The molecular weight excluding hydrogens is 186 g/mol. The lowest BCUT2D eigenvalue weighted by atomic mass is 9.99. The van der Waals surface area contributed by atoms with Gasteiger partial charge in [0.15, 0.2) is 0 Å². The van der Waals surface area contributed by atoms with Crippen LogP contribution in [0.4, 0.5) is 0 Å². The highest BCUT2D eigenvalue weighted by Gasteiger charge is 2.23. The molecule has 0 spiro atoms. The molecule has 0 radical (unpaired) electrons. The molecule has 1 saturated heterocycles. The molecule has 0 aliphatic carbocycles. The Morgan fingerprint density at radius 1 is 1.40 bits per heavy atom. The van der Waals surface area contributed by atoms with E-state index < -0.39 is 0 Å². The minimum atomic E-state index is 0.561. The molecule has 0 saturated carbocycles. The molecule has 0 aromatic heterocycles. The lowest BCUT2D eigenvalue weighted by Gasteiger charge is -2.11. The molecule has 1 fully saturated rings. The first-order valence-electron chi connectivity index (χ1n) is 5.82. The van der Waals surface area contributed by atoms with Gasteiger partial charge in [-0.15, -0.1) is 0 Å². The van der Waals surface area contributed by atoms with Crippen LogP contribution in [0.3, 0.4) is 0 Å². The number of ether oxygens (including phenoxy) is 1. The van der Waals surface area contributed by atoms with Crippen molar-refractivity contribution in [3.8, 4) is 5.75 Å². The summed E-state index contributed by atoms with van der Waals surface area (Å²) in [6, 6.07) is 7.21. The van der Waals surface area contributed by atoms with Crippen LogP contribution >= 0.6 is 0 Å². The standard InChI is InChI=1S/C13H17NO/c1-9-6-12(14-8-9)10-2-3-13-11(7-10)4-5-15-13/h2-3,7,9,12,14H,4-6,8H2,1H3. The highest BCUT2D eigenvalue weighted by atomic mass is 16.5. The van der Waals surface area contributed by atoms with Crippen molar-refractivity contribution in [2.75, 3.05) is 13.2 Å². The molecule has 1 aromatic carbocycles. The van der Waals surface area contributed by atoms with Gasteiger partial charge in [0.05, 0.1) is 6.61 Å². The Bertz CT molecular complexity index is 375. The van der Waals surface area contributed by atoms with Crippen molar-refractivity contribution >= 4 is 0 Å². The summed E-state index contributed by atoms with van der Waals surface area (Å²) in [7, 11) is 0. The van der Waals surface area contributed by atoms with Crippen molar-refractivity contribution in [2.24, 2.45) is 5.92 Å². The first-order chi connectivity index (χ1) is 7.33. The van der Waals surface area contributed by atoms with Crippen LogP contribution in [0, 0.1) is 5.92 Å². The molecule has 1 N–H and O–H groups in total. The van der Waals surface area contributed by atoms with Gasteiger partial charge in [0, 0.05) is 12.5 Å². The summed E-state index contributed by atoms with van der Waals surface area (Å²) in [6.45, 7) is 4.31. The van der Waals surface area contributed by atoms with Gasteiger partial charge in [-0.25, -0.2) is 0 Å². The van der Waals surface area contributed by atoms with Gasteiger partial charge in [-0.05, 0) is 36.1 Å². The smallest absolute Gasteiger partial charge is 0.122 e. The first-order valence-corrected chi connectivity index (χ1v) is 5.82. The van der Waals surface area contributed by atoms with E-state index in [0.717, 1.165) is 31.2 Å². The van der Waals surface area contributed by atoms with Gasteiger partial charge in [-0.1, -0.05) is 19.1 Å². The van der Waals surface area contributed by atoms with Crippen LogP contribution in [0.15, 0.2) is 18.2 Å². The predicted molar refractivity (Wildman–Crippen MR) is 60.2 cm³/mol. The maximum Gasteiger partial charge on any atom is 0.122 e. The highest BCUT2D eigenvalue weighted by Crippen LogP contribution is 2.32. The zero-order valence-electron chi connectivity index (χ0n) is 9.12. The monoisotopic (exact) mass is 203 g/mol. The van der Waals surface area contributed by atoms with Gasteiger partial charge < -0.3 is 10.1 Å². The van der Waals surface area contributed by atoms with Crippen LogP contribution in [0.1, 0.15) is 30.5 Å². The normalized spacial score (nSPS) is 28.9. The first kappa shape index (κ1) is 9.22. The minimum absolute atomic E-state index is 0.561. The third-order valence-corrected chi connectivity index (χ3v) is 3.47. The fraction of sp³-hybridized carbons (Fsp3) is 0.538. The summed E-state index contributed by atoms with van der Waals surface area (Å²) in [5.41, 5.74) is 2.82. The van der Waals surface area contributed by atoms with Gasteiger partial charge >= 0.3 is 0 Å². The van der Waals surface area contributed by atoms with E-state index in [1.165, 1.54) is 17.5 Å². The maximum absolute atomic E-state index is 5.52. The van der Waals surface area contributed by atoms with Gasteiger partial charge in [-0.3, -0.25) is 0 Å². The molecule has 80 valence electrons.